The number of methoxy groups -OCH3 is 2. The van der Waals surface area contributed by atoms with Crippen molar-refractivity contribution in [3.05, 3.63) is 30.3 Å². The maximum absolute atomic E-state index is 11.3. The van der Waals surface area contributed by atoms with Gasteiger partial charge in [-0.1, -0.05) is 24.3 Å². The van der Waals surface area contributed by atoms with E-state index in [9.17, 15) is 13.0 Å². The molecule has 0 radical (unpaired) electrons. The Morgan fingerprint density at radius 3 is 2.22 bits per heavy atom. The van der Waals surface area contributed by atoms with Crippen LogP contribution in [-0.2, 0) is 10.1 Å². The number of hydrogen-bond acceptors (Lipinski definition) is 4. The molecule has 2 aromatic carbocycles. The largest absolute Gasteiger partial charge is 0.492 e. The molecule has 0 aliphatic heterocycles. The van der Waals surface area contributed by atoms with Gasteiger partial charge in [-0.15, -0.1) is 0 Å². The zero-order valence-electron chi connectivity index (χ0n) is 9.88. The van der Waals surface area contributed by atoms with Gasteiger partial charge in [-0.05, 0) is 11.5 Å². The molecule has 0 saturated heterocycles. The lowest BCUT2D eigenvalue weighted by atomic mass is 10.1. The molecule has 2 rings (SSSR count). The molecule has 0 atom stereocenters. The van der Waals surface area contributed by atoms with E-state index in [4.69, 9.17) is 9.47 Å². The van der Waals surface area contributed by atoms with E-state index < -0.39 is 10.1 Å². The molecule has 5 nitrogen and oxygen atoms in total. The summed E-state index contributed by atoms with van der Waals surface area (Å²) < 4.78 is 42.1. The molecule has 0 spiro atoms. The molecule has 96 valence electrons. The molecular formula is C12H12O5S. The quantitative estimate of drug-likeness (QED) is 0.863. The van der Waals surface area contributed by atoms with E-state index in [-0.39, 0.29) is 16.4 Å². The summed E-state index contributed by atoms with van der Waals surface area (Å²) in [7, 11) is -1.64. The number of fused-ring (bicyclic) bond motifs is 1. The van der Waals surface area contributed by atoms with E-state index in [1.165, 1.54) is 20.3 Å². The van der Waals surface area contributed by atoms with Gasteiger partial charge in [-0.25, -0.2) is 0 Å². The Hall–Kier alpha value is -1.79. The molecule has 0 fully saturated rings. The van der Waals surface area contributed by atoms with Crippen LogP contribution in [0.2, 0.25) is 0 Å². The monoisotopic (exact) mass is 268 g/mol. The zero-order chi connectivity index (χ0) is 13.3. The molecule has 0 aromatic heterocycles. The first-order valence-corrected chi connectivity index (χ1v) is 6.54. The summed E-state index contributed by atoms with van der Waals surface area (Å²) in [6.07, 6.45) is 0. The van der Waals surface area contributed by atoms with Gasteiger partial charge in [0.1, 0.15) is 4.90 Å². The van der Waals surface area contributed by atoms with Gasteiger partial charge in [-0.2, -0.15) is 8.42 Å². The molecule has 0 aliphatic rings. The molecule has 1 N–H and O–H groups in total. The van der Waals surface area contributed by atoms with E-state index in [1.807, 2.05) is 0 Å². The summed E-state index contributed by atoms with van der Waals surface area (Å²) in [5.41, 5.74) is 0. The molecule has 6 heteroatoms. The first-order chi connectivity index (χ1) is 8.49. The molecule has 0 bridgehead atoms. The lowest BCUT2D eigenvalue weighted by Crippen LogP contribution is -2.03. The Balaban J connectivity index is 2.96. The summed E-state index contributed by atoms with van der Waals surface area (Å²) in [6.45, 7) is 0. The van der Waals surface area contributed by atoms with Crippen LogP contribution in [0.15, 0.2) is 35.2 Å². The van der Waals surface area contributed by atoms with Crippen molar-refractivity contribution >= 4 is 20.9 Å². The van der Waals surface area contributed by atoms with Crippen LogP contribution < -0.4 is 9.47 Å². The van der Waals surface area contributed by atoms with Crippen LogP contribution in [0.3, 0.4) is 0 Å². The Labute approximate surface area is 105 Å². The Morgan fingerprint density at radius 2 is 1.67 bits per heavy atom. The fourth-order valence-corrected chi connectivity index (χ4v) is 2.54. The highest BCUT2D eigenvalue weighted by Crippen LogP contribution is 2.40. The summed E-state index contributed by atoms with van der Waals surface area (Å²) in [5.74, 6) is 0.280. The normalized spacial score (nSPS) is 11.5. The second kappa shape index (κ2) is 4.47. The first kappa shape index (κ1) is 12.7. The predicted molar refractivity (Wildman–Crippen MR) is 66.9 cm³/mol. The van der Waals surface area contributed by atoms with Crippen molar-refractivity contribution in [2.75, 3.05) is 14.2 Å². The van der Waals surface area contributed by atoms with Crippen molar-refractivity contribution in [3.63, 3.8) is 0 Å². The second-order valence-electron chi connectivity index (χ2n) is 3.64. The van der Waals surface area contributed by atoms with Gasteiger partial charge >= 0.3 is 0 Å². The third-order valence-corrected chi connectivity index (χ3v) is 3.47. The summed E-state index contributed by atoms with van der Waals surface area (Å²) in [6, 6.07) is 8.43. The minimum absolute atomic E-state index is 0.00120. The van der Waals surface area contributed by atoms with Crippen LogP contribution in [0.5, 0.6) is 11.5 Å². The van der Waals surface area contributed by atoms with Crippen molar-refractivity contribution in [2.45, 2.75) is 4.90 Å². The number of rotatable bonds is 3. The van der Waals surface area contributed by atoms with Crippen molar-refractivity contribution in [1.82, 2.24) is 0 Å². The fourth-order valence-electron chi connectivity index (χ4n) is 1.86. The molecule has 0 unspecified atom stereocenters. The number of hydrogen-bond donors (Lipinski definition) is 1. The van der Waals surface area contributed by atoms with E-state index in [0.717, 1.165) is 0 Å². The average molecular weight is 268 g/mol. The third-order valence-electron chi connectivity index (χ3n) is 2.61. The maximum Gasteiger partial charge on any atom is 0.298 e. The highest BCUT2D eigenvalue weighted by atomic mass is 32.2. The highest BCUT2D eigenvalue weighted by Gasteiger charge is 2.22. The lowest BCUT2D eigenvalue weighted by molar-refractivity contribution is 0.348. The van der Waals surface area contributed by atoms with Crippen molar-refractivity contribution < 1.29 is 22.4 Å². The van der Waals surface area contributed by atoms with Crippen LogP contribution >= 0.6 is 0 Å². The minimum Gasteiger partial charge on any atom is -0.492 e. The zero-order valence-corrected chi connectivity index (χ0v) is 10.7. The Kier molecular flexibility index (Phi) is 3.14. The Morgan fingerprint density at radius 1 is 1.06 bits per heavy atom. The summed E-state index contributed by atoms with van der Waals surface area (Å²) >= 11 is 0. The highest BCUT2D eigenvalue weighted by molar-refractivity contribution is 7.86. The molecule has 0 saturated carbocycles. The Bertz CT molecular complexity index is 691. The van der Waals surface area contributed by atoms with Crippen LogP contribution in [0.25, 0.3) is 10.8 Å². The molecule has 0 heterocycles. The van der Waals surface area contributed by atoms with Crippen LogP contribution in [0.1, 0.15) is 0 Å². The van der Waals surface area contributed by atoms with Gasteiger partial charge in [0.2, 0.25) is 0 Å². The maximum atomic E-state index is 11.3. The summed E-state index contributed by atoms with van der Waals surface area (Å²) in [4.78, 5) is -0.305. The SMILES string of the molecule is COc1c(S(=O)(=O)O)cc2ccccc2c1OC. The van der Waals surface area contributed by atoms with Crippen LogP contribution in [0, 0.1) is 0 Å². The van der Waals surface area contributed by atoms with Gasteiger partial charge in [-0.3, -0.25) is 4.55 Å². The topological polar surface area (TPSA) is 72.8 Å². The van der Waals surface area contributed by atoms with Gasteiger partial charge in [0.25, 0.3) is 10.1 Å². The first-order valence-electron chi connectivity index (χ1n) is 5.10. The van der Waals surface area contributed by atoms with E-state index >= 15 is 0 Å². The molecule has 0 aliphatic carbocycles. The lowest BCUT2D eigenvalue weighted by Gasteiger charge is -2.13. The van der Waals surface area contributed by atoms with E-state index in [1.54, 1.807) is 24.3 Å². The van der Waals surface area contributed by atoms with Crippen molar-refractivity contribution in [2.24, 2.45) is 0 Å². The predicted octanol–water partition coefficient (Wildman–Crippen LogP) is 2.10. The number of benzene rings is 2. The standard InChI is InChI=1S/C12H12O5S/c1-16-11-9-6-4-3-5-8(9)7-10(12(11)17-2)18(13,14)15/h3-7H,1-2H3,(H,13,14,15). The molecule has 18 heavy (non-hydrogen) atoms. The fraction of sp³-hybridized carbons (Fsp3) is 0.167. The molecular weight excluding hydrogens is 256 g/mol. The second-order valence-corrected chi connectivity index (χ2v) is 5.03. The van der Waals surface area contributed by atoms with Crippen molar-refractivity contribution in [3.8, 4) is 11.5 Å². The van der Waals surface area contributed by atoms with Crippen LogP contribution in [-0.4, -0.2) is 27.2 Å². The smallest absolute Gasteiger partial charge is 0.298 e. The van der Waals surface area contributed by atoms with Gasteiger partial charge in [0.05, 0.1) is 14.2 Å². The minimum atomic E-state index is -4.37. The summed E-state index contributed by atoms with van der Waals surface area (Å²) in [5, 5.41) is 1.35. The number of ether oxygens (including phenoxy) is 2. The third kappa shape index (κ3) is 2.00. The van der Waals surface area contributed by atoms with E-state index in [0.29, 0.717) is 10.8 Å². The van der Waals surface area contributed by atoms with E-state index in [2.05, 4.69) is 0 Å². The molecule has 0 amide bonds. The van der Waals surface area contributed by atoms with Crippen molar-refractivity contribution in [1.29, 1.82) is 0 Å². The average Bonchev–Trinajstić information content (AvgIpc) is 2.35. The van der Waals surface area contributed by atoms with Gasteiger partial charge in [0.15, 0.2) is 11.5 Å². The van der Waals surface area contributed by atoms with Gasteiger partial charge in [0, 0.05) is 5.39 Å². The van der Waals surface area contributed by atoms with Gasteiger partial charge < -0.3 is 9.47 Å². The molecule has 2 aromatic rings. The van der Waals surface area contributed by atoms with Crippen LogP contribution in [0.4, 0.5) is 0 Å².